The predicted octanol–water partition coefficient (Wildman–Crippen LogP) is 3.45. The molecule has 0 spiro atoms. The maximum Gasteiger partial charge on any atom is 0.192 e. The van der Waals surface area contributed by atoms with Crippen LogP contribution in [0.5, 0.6) is 0 Å². The van der Waals surface area contributed by atoms with Gasteiger partial charge in [0.05, 0.1) is 12.5 Å². The van der Waals surface area contributed by atoms with Gasteiger partial charge in [0.2, 0.25) is 0 Å². The molecule has 0 aromatic carbocycles. The van der Waals surface area contributed by atoms with Crippen LogP contribution in [-0.4, -0.2) is 54.4 Å². The van der Waals surface area contributed by atoms with Crippen molar-refractivity contribution in [1.82, 2.24) is 0 Å². The van der Waals surface area contributed by atoms with Crippen LogP contribution >= 0.6 is 0 Å². The van der Waals surface area contributed by atoms with Crippen molar-refractivity contribution in [3.05, 3.63) is 12.7 Å². The van der Waals surface area contributed by atoms with Crippen molar-refractivity contribution in [1.29, 1.82) is 5.26 Å². The highest BCUT2D eigenvalue weighted by atomic mass is 28.4. The van der Waals surface area contributed by atoms with E-state index in [1.165, 1.54) is 0 Å². The SMILES string of the molecule is C=C[C@@H](OCOC)[C@H](O[Si](CC)(CC)CC)[C@@H](CC#N)OCOC. The molecular formula is C17H33NO5Si. The number of hydrogen-bond acceptors (Lipinski definition) is 6. The molecule has 0 N–H and O–H groups in total. The van der Waals surface area contributed by atoms with Crippen molar-refractivity contribution in [2.24, 2.45) is 0 Å². The molecule has 0 aliphatic carbocycles. The Bertz CT molecular complexity index is 362. The molecule has 0 bridgehead atoms. The fraction of sp³-hybridized carbons (Fsp3) is 0.824. The third-order valence-electron chi connectivity index (χ3n) is 4.31. The summed E-state index contributed by atoms with van der Waals surface area (Å²) in [5.74, 6) is 0. The first-order valence-electron chi connectivity index (χ1n) is 8.46. The Morgan fingerprint density at radius 2 is 1.58 bits per heavy atom. The molecule has 0 amide bonds. The zero-order chi connectivity index (χ0) is 18.4. The molecule has 6 nitrogen and oxygen atoms in total. The van der Waals surface area contributed by atoms with Crippen molar-refractivity contribution < 1.29 is 23.4 Å². The van der Waals surface area contributed by atoms with E-state index < -0.39 is 26.6 Å². The first-order chi connectivity index (χ1) is 11.6. The molecule has 140 valence electrons. The molecular weight excluding hydrogens is 326 g/mol. The molecule has 0 aliphatic heterocycles. The topological polar surface area (TPSA) is 69.9 Å². The molecule has 3 atom stereocenters. The van der Waals surface area contributed by atoms with Gasteiger partial charge in [-0.05, 0) is 18.1 Å². The van der Waals surface area contributed by atoms with Crippen LogP contribution in [0.25, 0.3) is 0 Å². The van der Waals surface area contributed by atoms with Crippen molar-refractivity contribution >= 4 is 8.32 Å². The second-order valence-corrected chi connectivity index (χ2v) is 10.3. The highest BCUT2D eigenvalue weighted by Crippen LogP contribution is 2.28. The monoisotopic (exact) mass is 359 g/mol. The van der Waals surface area contributed by atoms with E-state index in [1.807, 2.05) is 0 Å². The predicted molar refractivity (Wildman–Crippen MR) is 96.0 cm³/mol. The number of methoxy groups -OCH3 is 2. The molecule has 7 heteroatoms. The lowest BCUT2D eigenvalue weighted by Gasteiger charge is -2.39. The minimum Gasteiger partial charge on any atom is -0.408 e. The molecule has 0 radical (unpaired) electrons. The summed E-state index contributed by atoms with van der Waals surface area (Å²) in [6, 6.07) is 5.15. The normalized spacial score (nSPS) is 15.5. The summed E-state index contributed by atoms with van der Waals surface area (Å²) in [5.41, 5.74) is 0. The molecule has 0 saturated carbocycles. The van der Waals surface area contributed by atoms with Crippen LogP contribution in [0.15, 0.2) is 12.7 Å². The summed E-state index contributed by atoms with van der Waals surface area (Å²) in [7, 11) is 1.18. The first-order valence-corrected chi connectivity index (χ1v) is 11.0. The smallest absolute Gasteiger partial charge is 0.192 e. The van der Waals surface area contributed by atoms with Crippen LogP contribution in [0.1, 0.15) is 27.2 Å². The minimum absolute atomic E-state index is 0.0965. The van der Waals surface area contributed by atoms with E-state index in [0.717, 1.165) is 18.1 Å². The number of hydrogen-bond donors (Lipinski definition) is 0. The Morgan fingerprint density at radius 3 is 2.00 bits per heavy atom. The number of ether oxygens (including phenoxy) is 4. The van der Waals surface area contributed by atoms with Crippen LogP contribution in [0.4, 0.5) is 0 Å². The number of nitriles is 1. The molecule has 0 rings (SSSR count). The van der Waals surface area contributed by atoms with E-state index in [4.69, 9.17) is 23.4 Å². The molecule has 0 saturated heterocycles. The molecule has 0 unspecified atom stereocenters. The van der Waals surface area contributed by atoms with Gasteiger partial charge < -0.3 is 23.4 Å². The Hall–Kier alpha value is -0.753. The zero-order valence-corrected chi connectivity index (χ0v) is 16.7. The Morgan fingerprint density at radius 1 is 1.04 bits per heavy atom. The Labute approximate surface area is 147 Å². The van der Waals surface area contributed by atoms with Gasteiger partial charge in [0.25, 0.3) is 0 Å². The standard InChI is InChI=1S/C17H33NO5Si/c1-7-15(21-13-19-5)17(16(11-12-18)22-14-20-6)23-24(8-2,9-3)10-4/h7,15-17H,1,8-11,13-14H2,2-6H3/t15-,16-,17+/m1/s1. The fourth-order valence-electron chi connectivity index (χ4n) is 2.60. The summed E-state index contributed by atoms with van der Waals surface area (Å²) >= 11 is 0. The molecule has 0 aromatic rings. The van der Waals surface area contributed by atoms with Crippen LogP contribution in [-0.2, 0) is 23.4 Å². The Kier molecular flexibility index (Phi) is 13.1. The number of rotatable bonds is 15. The highest BCUT2D eigenvalue weighted by Gasteiger charge is 2.39. The van der Waals surface area contributed by atoms with Gasteiger partial charge in [0, 0.05) is 14.2 Å². The third-order valence-corrected chi connectivity index (χ3v) is 8.95. The van der Waals surface area contributed by atoms with E-state index in [0.29, 0.717) is 0 Å². The van der Waals surface area contributed by atoms with Gasteiger partial charge in [0.15, 0.2) is 8.32 Å². The van der Waals surface area contributed by atoms with E-state index >= 15 is 0 Å². The lowest BCUT2D eigenvalue weighted by molar-refractivity contribution is -0.151. The summed E-state index contributed by atoms with van der Waals surface area (Å²) in [5, 5.41) is 9.18. The van der Waals surface area contributed by atoms with Gasteiger partial charge in [0.1, 0.15) is 31.9 Å². The van der Waals surface area contributed by atoms with Gasteiger partial charge in [-0.25, -0.2) is 0 Å². The van der Waals surface area contributed by atoms with Gasteiger partial charge in [-0.2, -0.15) is 5.26 Å². The molecule has 24 heavy (non-hydrogen) atoms. The summed E-state index contributed by atoms with van der Waals surface area (Å²) in [6.07, 6.45) is 0.586. The van der Waals surface area contributed by atoms with Gasteiger partial charge in [-0.1, -0.05) is 26.8 Å². The van der Waals surface area contributed by atoms with E-state index in [-0.39, 0.29) is 20.0 Å². The van der Waals surface area contributed by atoms with Gasteiger partial charge in [-0.3, -0.25) is 0 Å². The Balaban J connectivity index is 5.50. The van der Waals surface area contributed by atoms with Crippen molar-refractivity contribution in [3.63, 3.8) is 0 Å². The van der Waals surface area contributed by atoms with Crippen molar-refractivity contribution in [2.45, 2.75) is 63.6 Å². The third kappa shape index (κ3) is 7.43. The summed E-state index contributed by atoms with van der Waals surface area (Å²) in [4.78, 5) is 0. The van der Waals surface area contributed by atoms with Crippen LogP contribution in [0, 0.1) is 11.3 Å². The zero-order valence-electron chi connectivity index (χ0n) is 15.7. The average Bonchev–Trinajstić information content (AvgIpc) is 2.62. The molecule has 0 aromatic heterocycles. The van der Waals surface area contributed by atoms with E-state index in [2.05, 4.69) is 33.4 Å². The van der Waals surface area contributed by atoms with E-state index in [9.17, 15) is 5.26 Å². The largest absolute Gasteiger partial charge is 0.408 e. The van der Waals surface area contributed by atoms with Crippen molar-refractivity contribution in [3.8, 4) is 6.07 Å². The highest BCUT2D eigenvalue weighted by molar-refractivity contribution is 6.73. The van der Waals surface area contributed by atoms with Crippen LogP contribution in [0.2, 0.25) is 18.1 Å². The maximum absolute atomic E-state index is 9.18. The molecule has 0 heterocycles. The average molecular weight is 360 g/mol. The minimum atomic E-state index is -1.93. The molecule has 0 fully saturated rings. The summed E-state index contributed by atoms with van der Waals surface area (Å²) in [6.45, 7) is 10.5. The second-order valence-electron chi connectivity index (χ2n) is 5.57. The molecule has 0 aliphatic rings. The van der Waals surface area contributed by atoms with Crippen LogP contribution in [0.3, 0.4) is 0 Å². The number of nitrogens with zero attached hydrogens (tertiary/aromatic N) is 1. The van der Waals surface area contributed by atoms with E-state index in [1.54, 1.807) is 20.3 Å². The van der Waals surface area contributed by atoms with Crippen LogP contribution < -0.4 is 0 Å². The maximum atomic E-state index is 9.18. The second kappa shape index (κ2) is 13.5. The lowest BCUT2D eigenvalue weighted by atomic mass is 10.1. The first kappa shape index (κ1) is 23.2. The summed E-state index contributed by atoms with van der Waals surface area (Å²) < 4.78 is 28.1. The lowest BCUT2D eigenvalue weighted by Crippen LogP contribution is -2.50. The van der Waals surface area contributed by atoms with Gasteiger partial charge in [-0.15, -0.1) is 6.58 Å². The van der Waals surface area contributed by atoms with Crippen molar-refractivity contribution in [2.75, 3.05) is 27.8 Å². The quantitative estimate of drug-likeness (QED) is 0.253. The fourth-order valence-corrected chi connectivity index (χ4v) is 5.47. The van der Waals surface area contributed by atoms with Gasteiger partial charge >= 0.3 is 0 Å².